The fourth-order valence-electron chi connectivity index (χ4n) is 2.20. The van der Waals surface area contributed by atoms with Crippen molar-refractivity contribution in [2.24, 2.45) is 0 Å². The highest BCUT2D eigenvalue weighted by molar-refractivity contribution is 5.94. The van der Waals surface area contributed by atoms with Crippen molar-refractivity contribution in [3.63, 3.8) is 0 Å². The summed E-state index contributed by atoms with van der Waals surface area (Å²) >= 11 is 0. The molecular weight excluding hydrogens is 294 g/mol. The Kier molecular flexibility index (Phi) is 4.13. The number of aromatic amines is 1. The first kappa shape index (κ1) is 14.9. The van der Waals surface area contributed by atoms with E-state index < -0.39 is 0 Å². The molecule has 1 amide bonds. The molecule has 0 radical (unpaired) electrons. The summed E-state index contributed by atoms with van der Waals surface area (Å²) in [6, 6.07) is 7.16. The van der Waals surface area contributed by atoms with Crippen molar-refractivity contribution in [1.29, 1.82) is 0 Å². The maximum atomic E-state index is 12.3. The van der Waals surface area contributed by atoms with Gasteiger partial charge in [0.1, 0.15) is 12.2 Å². The molecule has 23 heavy (non-hydrogen) atoms. The van der Waals surface area contributed by atoms with Crippen LogP contribution >= 0.6 is 0 Å². The number of carbonyl (C=O) groups excluding carboxylic acids is 1. The molecule has 0 saturated heterocycles. The van der Waals surface area contributed by atoms with E-state index in [2.05, 4.69) is 30.8 Å². The van der Waals surface area contributed by atoms with E-state index in [-0.39, 0.29) is 11.9 Å². The number of nitrogens with zero attached hydrogens (tertiary/aromatic N) is 5. The molecule has 0 fully saturated rings. The van der Waals surface area contributed by atoms with E-state index in [1.165, 1.54) is 0 Å². The molecule has 0 unspecified atom stereocenters. The second-order valence-corrected chi connectivity index (χ2v) is 5.35. The zero-order valence-electron chi connectivity index (χ0n) is 12.9. The minimum Gasteiger partial charge on any atom is -0.344 e. The minimum atomic E-state index is -0.183. The largest absolute Gasteiger partial charge is 0.344 e. The number of amides is 1. The summed E-state index contributed by atoms with van der Waals surface area (Å²) in [5, 5.41) is 13.9. The predicted molar refractivity (Wildman–Crippen MR) is 82.6 cm³/mol. The van der Waals surface area contributed by atoms with Crippen LogP contribution in [0.5, 0.6) is 0 Å². The van der Waals surface area contributed by atoms with Gasteiger partial charge < -0.3 is 10.3 Å². The molecule has 0 aliphatic rings. The lowest BCUT2D eigenvalue weighted by Crippen LogP contribution is -2.27. The van der Waals surface area contributed by atoms with Gasteiger partial charge in [0.05, 0.1) is 12.6 Å². The van der Waals surface area contributed by atoms with E-state index in [1.807, 2.05) is 26.0 Å². The van der Waals surface area contributed by atoms with Crippen LogP contribution in [0.25, 0.3) is 0 Å². The Labute approximate surface area is 132 Å². The first-order valence-corrected chi connectivity index (χ1v) is 7.24. The normalized spacial score (nSPS) is 12.1. The highest BCUT2D eigenvalue weighted by Crippen LogP contribution is 2.11. The molecule has 118 valence electrons. The second kappa shape index (κ2) is 6.39. The Bertz CT molecular complexity index is 777. The Morgan fingerprint density at radius 2 is 2.13 bits per heavy atom. The van der Waals surface area contributed by atoms with Crippen LogP contribution < -0.4 is 5.32 Å². The van der Waals surface area contributed by atoms with Crippen LogP contribution in [0.1, 0.15) is 40.4 Å². The average Bonchev–Trinajstić information content (AvgIpc) is 3.19. The number of aryl methyl sites for hydroxylation is 1. The Hall–Kier alpha value is -3.03. The summed E-state index contributed by atoms with van der Waals surface area (Å²) < 4.78 is 1.62. The third-order valence-corrected chi connectivity index (χ3v) is 3.43. The third kappa shape index (κ3) is 3.60. The zero-order valence-corrected chi connectivity index (χ0v) is 12.9. The van der Waals surface area contributed by atoms with Crippen LogP contribution in [0.3, 0.4) is 0 Å². The highest BCUT2D eigenvalue weighted by Gasteiger charge is 2.13. The lowest BCUT2D eigenvalue weighted by molar-refractivity contribution is 0.0938. The van der Waals surface area contributed by atoms with Crippen molar-refractivity contribution < 1.29 is 4.79 Å². The van der Waals surface area contributed by atoms with Gasteiger partial charge in [-0.05, 0) is 42.0 Å². The molecule has 3 rings (SSSR count). The molecule has 0 spiro atoms. The van der Waals surface area contributed by atoms with Crippen molar-refractivity contribution in [2.45, 2.75) is 26.4 Å². The monoisotopic (exact) mass is 311 g/mol. The molecule has 2 heterocycles. The molecular formula is C15H17N7O. The van der Waals surface area contributed by atoms with Gasteiger partial charge in [0, 0.05) is 17.5 Å². The van der Waals surface area contributed by atoms with Crippen LogP contribution in [0, 0.1) is 6.92 Å². The van der Waals surface area contributed by atoms with Crippen molar-refractivity contribution in [3.05, 3.63) is 59.4 Å². The smallest absolute Gasteiger partial charge is 0.251 e. The van der Waals surface area contributed by atoms with Gasteiger partial charge in [0.25, 0.3) is 5.91 Å². The van der Waals surface area contributed by atoms with Crippen molar-refractivity contribution in [2.75, 3.05) is 0 Å². The summed E-state index contributed by atoms with van der Waals surface area (Å²) in [7, 11) is 0. The number of tetrazole rings is 1. The molecule has 8 nitrogen and oxygen atoms in total. The SMILES string of the molecule is Cc1cnc([C@@H](C)NC(=O)c2ccc(Cn3cnnn3)cc2)[nH]1. The molecule has 0 bridgehead atoms. The average molecular weight is 311 g/mol. The van der Waals surface area contributed by atoms with Gasteiger partial charge in [0.15, 0.2) is 0 Å². The molecule has 2 aromatic heterocycles. The number of hydrogen-bond donors (Lipinski definition) is 2. The summed E-state index contributed by atoms with van der Waals surface area (Å²) in [5.74, 6) is 0.603. The Balaban J connectivity index is 1.63. The first-order valence-electron chi connectivity index (χ1n) is 7.24. The van der Waals surface area contributed by atoms with Crippen molar-refractivity contribution in [1.82, 2.24) is 35.5 Å². The molecule has 0 aliphatic carbocycles. The second-order valence-electron chi connectivity index (χ2n) is 5.35. The Morgan fingerprint density at radius 3 is 2.74 bits per heavy atom. The summed E-state index contributed by atoms with van der Waals surface area (Å²) in [4.78, 5) is 19.6. The number of rotatable bonds is 5. The molecule has 3 aromatic rings. The Morgan fingerprint density at radius 1 is 1.35 bits per heavy atom. The van der Waals surface area contributed by atoms with E-state index in [0.29, 0.717) is 12.1 Å². The fourth-order valence-corrected chi connectivity index (χ4v) is 2.20. The van der Waals surface area contributed by atoms with E-state index >= 15 is 0 Å². The van der Waals surface area contributed by atoms with Gasteiger partial charge in [-0.2, -0.15) is 0 Å². The topological polar surface area (TPSA) is 101 Å². The molecule has 0 aliphatic heterocycles. The lowest BCUT2D eigenvalue weighted by Gasteiger charge is -2.12. The number of H-pyrrole nitrogens is 1. The third-order valence-electron chi connectivity index (χ3n) is 3.43. The highest BCUT2D eigenvalue weighted by atomic mass is 16.1. The fraction of sp³-hybridized carbons (Fsp3) is 0.267. The summed E-state index contributed by atoms with van der Waals surface area (Å²) in [6.45, 7) is 4.38. The van der Waals surface area contributed by atoms with E-state index in [1.54, 1.807) is 29.3 Å². The number of imidazole rings is 1. The molecule has 2 N–H and O–H groups in total. The van der Waals surface area contributed by atoms with Gasteiger partial charge in [-0.25, -0.2) is 9.67 Å². The number of carbonyl (C=O) groups is 1. The summed E-state index contributed by atoms with van der Waals surface area (Å²) in [5.41, 5.74) is 2.58. The minimum absolute atomic E-state index is 0.138. The van der Waals surface area contributed by atoms with Crippen molar-refractivity contribution in [3.8, 4) is 0 Å². The van der Waals surface area contributed by atoms with Crippen LogP contribution in [0.2, 0.25) is 0 Å². The van der Waals surface area contributed by atoms with Gasteiger partial charge in [-0.15, -0.1) is 5.10 Å². The maximum absolute atomic E-state index is 12.3. The number of hydrogen-bond acceptors (Lipinski definition) is 5. The molecule has 8 heteroatoms. The number of aromatic nitrogens is 6. The lowest BCUT2D eigenvalue weighted by atomic mass is 10.1. The zero-order chi connectivity index (χ0) is 16.2. The van der Waals surface area contributed by atoms with Gasteiger partial charge in [0.2, 0.25) is 0 Å². The maximum Gasteiger partial charge on any atom is 0.251 e. The molecule has 1 aromatic carbocycles. The van der Waals surface area contributed by atoms with Crippen LogP contribution in [0.4, 0.5) is 0 Å². The quantitative estimate of drug-likeness (QED) is 0.738. The van der Waals surface area contributed by atoms with Gasteiger partial charge in [-0.3, -0.25) is 4.79 Å². The summed E-state index contributed by atoms with van der Waals surface area (Å²) in [6.07, 6.45) is 3.29. The van der Waals surface area contributed by atoms with Crippen LogP contribution in [-0.4, -0.2) is 36.1 Å². The van der Waals surface area contributed by atoms with Gasteiger partial charge >= 0.3 is 0 Å². The van der Waals surface area contributed by atoms with Crippen LogP contribution in [0.15, 0.2) is 36.8 Å². The number of benzene rings is 1. The van der Waals surface area contributed by atoms with Crippen LogP contribution in [-0.2, 0) is 6.54 Å². The molecule has 0 saturated carbocycles. The van der Waals surface area contributed by atoms with E-state index in [4.69, 9.17) is 0 Å². The first-order chi connectivity index (χ1) is 11.1. The van der Waals surface area contributed by atoms with E-state index in [0.717, 1.165) is 17.1 Å². The van der Waals surface area contributed by atoms with Gasteiger partial charge in [-0.1, -0.05) is 12.1 Å². The number of nitrogens with one attached hydrogen (secondary N) is 2. The van der Waals surface area contributed by atoms with E-state index in [9.17, 15) is 4.79 Å². The van der Waals surface area contributed by atoms with Crippen molar-refractivity contribution >= 4 is 5.91 Å². The standard InChI is InChI=1S/C15H17N7O/c1-10-7-16-14(18-10)11(2)19-15(23)13-5-3-12(4-6-13)8-22-9-17-20-21-22/h3-7,9,11H,8H2,1-2H3,(H,16,18)(H,19,23)/t11-/m1/s1. The molecule has 1 atom stereocenters. The predicted octanol–water partition coefficient (Wildman–Crippen LogP) is 1.24.